The van der Waals surface area contributed by atoms with Gasteiger partial charge in [-0.1, -0.05) is 48.5 Å². The van der Waals surface area contributed by atoms with Crippen molar-refractivity contribution in [2.45, 2.75) is 20.8 Å². The molecule has 3 rings (SSSR count). The highest BCUT2D eigenvalue weighted by Gasteiger charge is 2.21. The van der Waals surface area contributed by atoms with E-state index in [-0.39, 0.29) is 11.7 Å². The number of carbonyl (C=O) groups is 2. The molecule has 0 fully saturated rings. The highest BCUT2D eigenvalue weighted by atomic mass is 32.1. The maximum Gasteiger partial charge on any atom is 0.230 e. The minimum Gasteiger partial charge on any atom is -0.289 e. The van der Waals surface area contributed by atoms with Crippen LogP contribution in [0.4, 0.5) is 10.8 Å². The van der Waals surface area contributed by atoms with Crippen molar-refractivity contribution in [3.8, 4) is 0 Å². The van der Waals surface area contributed by atoms with E-state index in [1.54, 1.807) is 23.1 Å². The Bertz CT molecular complexity index is 986. The highest BCUT2D eigenvalue weighted by molar-refractivity contribution is 7.14. The third kappa shape index (κ3) is 4.20. The lowest BCUT2D eigenvalue weighted by atomic mass is 10.1. The van der Waals surface area contributed by atoms with Crippen molar-refractivity contribution in [1.82, 2.24) is 4.98 Å². The number of aromatic nitrogens is 1. The van der Waals surface area contributed by atoms with Crippen molar-refractivity contribution >= 4 is 39.9 Å². The number of anilines is 2. The van der Waals surface area contributed by atoms with E-state index < -0.39 is 0 Å². The van der Waals surface area contributed by atoms with E-state index in [0.29, 0.717) is 16.4 Å². The Morgan fingerprint density at radius 3 is 2.30 bits per heavy atom. The van der Waals surface area contributed by atoms with Crippen LogP contribution in [0.25, 0.3) is 6.08 Å². The van der Waals surface area contributed by atoms with Gasteiger partial charge in [0.15, 0.2) is 10.9 Å². The van der Waals surface area contributed by atoms with Gasteiger partial charge in [-0.05, 0) is 37.1 Å². The molecule has 0 N–H and O–H groups in total. The molecule has 3 aromatic rings. The van der Waals surface area contributed by atoms with Gasteiger partial charge in [0.05, 0.1) is 11.4 Å². The van der Waals surface area contributed by atoms with Gasteiger partial charge in [0.2, 0.25) is 5.91 Å². The lowest BCUT2D eigenvalue weighted by molar-refractivity contribution is -0.115. The number of aryl methyl sites for hydroxylation is 2. The van der Waals surface area contributed by atoms with E-state index in [4.69, 9.17) is 0 Å². The first kappa shape index (κ1) is 18.7. The number of ketones is 1. The molecule has 1 amide bonds. The zero-order valence-electron chi connectivity index (χ0n) is 15.5. The number of rotatable bonds is 5. The number of allylic oxidation sites excluding steroid dienone is 1. The zero-order valence-corrected chi connectivity index (χ0v) is 16.3. The molecule has 0 atom stereocenters. The molecule has 0 radical (unpaired) electrons. The molecule has 0 aliphatic heterocycles. The summed E-state index contributed by atoms with van der Waals surface area (Å²) < 4.78 is 0. The Balaban J connectivity index is 1.88. The Labute approximate surface area is 162 Å². The summed E-state index contributed by atoms with van der Waals surface area (Å²) in [5.74, 6) is -0.180. The van der Waals surface area contributed by atoms with Crippen LogP contribution in [0, 0.1) is 13.8 Å². The molecule has 5 heteroatoms. The van der Waals surface area contributed by atoms with E-state index in [2.05, 4.69) is 4.98 Å². The molecule has 136 valence electrons. The zero-order chi connectivity index (χ0) is 19.4. The second-order valence-electron chi connectivity index (χ2n) is 6.21. The Hall–Kier alpha value is -3.05. The van der Waals surface area contributed by atoms with E-state index in [1.165, 1.54) is 24.3 Å². The summed E-state index contributed by atoms with van der Waals surface area (Å²) in [4.78, 5) is 30.7. The number of thiazole rings is 1. The maximum atomic E-state index is 12.3. The number of benzene rings is 2. The summed E-state index contributed by atoms with van der Waals surface area (Å²) in [5.41, 5.74) is 4.16. The standard InChI is InChI=1S/C22H20N2O2S/c1-15-8-7-9-16(2)21(15)24(17(3)25)22-23-19(14-27-22)12-13-20(26)18-10-5-4-6-11-18/h4-14H,1-3H3/b13-12+. The second kappa shape index (κ2) is 8.10. The molecular formula is C22H20N2O2S. The summed E-state index contributed by atoms with van der Waals surface area (Å²) in [5, 5.41) is 2.43. The van der Waals surface area contributed by atoms with Gasteiger partial charge in [0.1, 0.15) is 0 Å². The van der Waals surface area contributed by atoms with E-state index in [9.17, 15) is 9.59 Å². The van der Waals surface area contributed by atoms with Gasteiger partial charge in [-0.3, -0.25) is 14.5 Å². The van der Waals surface area contributed by atoms with Crippen LogP contribution in [0.15, 0.2) is 60.0 Å². The summed E-state index contributed by atoms with van der Waals surface area (Å²) in [6.45, 7) is 5.48. The predicted molar refractivity (Wildman–Crippen MR) is 111 cm³/mol. The fourth-order valence-electron chi connectivity index (χ4n) is 2.86. The first-order valence-corrected chi connectivity index (χ1v) is 9.45. The van der Waals surface area contributed by atoms with Crippen molar-refractivity contribution in [3.05, 3.63) is 82.4 Å². The predicted octanol–water partition coefficient (Wildman–Crippen LogP) is 5.34. The van der Waals surface area contributed by atoms with E-state index >= 15 is 0 Å². The third-order valence-electron chi connectivity index (χ3n) is 4.14. The van der Waals surface area contributed by atoms with E-state index in [0.717, 1.165) is 16.8 Å². The highest BCUT2D eigenvalue weighted by Crippen LogP contribution is 2.33. The third-order valence-corrected chi connectivity index (χ3v) is 4.99. The van der Waals surface area contributed by atoms with Gasteiger partial charge >= 0.3 is 0 Å². The molecule has 0 aliphatic carbocycles. The molecule has 0 unspecified atom stereocenters. The molecule has 0 aliphatic rings. The van der Waals surface area contributed by atoms with Crippen molar-refractivity contribution in [2.75, 3.05) is 4.90 Å². The first-order chi connectivity index (χ1) is 13.0. The van der Waals surface area contributed by atoms with Crippen molar-refractivity contribution in [1.29, 1.82) is 0 Å². The SMILES string of the molecule is CC(=O)N(c1nc(/C=C/C(=O)c2ccccc2)cs1)c1c(C)cccc1C. The Morgan fingerprint density at radius 1 is 1.00 bits per heavy atom. The van der Waals surface area contributed by atoms with Crippen LogP contribution in [-0.4, -0.2) is 16.7 Å². The van der Waals surface area contributed by atoms with E-state index in [1.807, 2.05) is 55.6 Å². The van der Waals surface area contributed by atoms with Gasteiger partial charge in [0.25, 0.3) is 0 Å². The molecule has 1 aromatic heterocycles. The lowest BCUT2D eigenvalue weighted by Gasteiger charge is -2.22. The second-order valence-corrected chi connectivity index (χ2v) is 7.05. The molecule has 0 saturated heterocycles. The number of carbonyl (C=O) groups excluding carboxylic acids is 2. The molecule has 0 spiro atoms. The average molecular weight is 376 g/mol. The fourth-order valence-corrected chi connectivity index (χ4v) is 3.70. The van der Waals surface area contributed by atoms with Crippen LogP contribution in [0.1, 0.15) is 34.1 Å². The molecule has 2 aromatic carbocycles. The summed E-state index contributed by atoms with van der Waals surface area (Å²) >= 11 is 1.38. The van der Waals surface area contributed by atoms with Crippen LogP contribution in [0.2, 0.25) is 0 Å². The smallest absolute Gasteiger partial charge is 0.230 e. The van der Waals surface area contributed by atoms with Crippen molar-refractivity contribution < 1.29 is 9.59 Å². The van der Waals surface area contributed by atoms with Crippen molar-refractivity contribution in [3.63, 3.8) is 0 Å². The average Bonchev–Trinajstić information content (AvgIpc) is 3.11. The first-order valence-electron chi connectivity index (χ1n) is 8.57. The summed E-state index contributed by atoms with van der Waals surface area (Å²) in [7, 11) is 0. The van der Waals surface area contributed by atoms with Crippen LogP contribution < -0.4 is 4.90 Å². The molecule has 0 bridgehead atoms. The number of para-hydroxylation sites is 1. The van der Waals surface area contributed by atoms with Crippen molar-refractivity contribution in [2.24, 2.45) is 0 Å². The summed E-state index contributed by atoms with van der Waals surface area (Å²) in [6.07, 6.45) is 3.18. The van der Waals surface area contributed by atoms with Crippen LogP contribution in [0.3, 0.4) is 0 Å². The van der Waals surface area contributed by atoms with Gasteiger partial charge < -0.3 is 0 Å². The van der Waals surface area contributed by atoms with Gasteiger partial charge in [-0.15, -0.1) is 11.3 Å². The Morgan fingerprint density at radius 2 is 1.67 bits per heavy atom. The summed E-state index contributed by atoms with van der Waals surface area (Å²) in [6, 6.07) is 15.0. The van der Waals surface area contributed by atoms with Crippen LogP contribution >= 0.6 is 11.3 Å². The molecule has 27 heavy (non-hydrogen) atoms. The van der Waals surface area contributed by atoms with Gasteiger partial charge in [-0.2, -0.15) is 0 Å². The largest absolute Gasteiger partial charge is 0.289 e. The topological polar surface area (TPSA) is 50.3 Å². The fraction of sp³-hybridized carbons (Fsp3) is 0.136. The van der Waals surface area contributed by atoms with Gasteiger partial charge in [-0.25, -0.2) is 4.98 Å². The minimum absolute atomic E-state index is 0.0803. The number of hydrogen-bond acceptors (Lipinski definition) is 4. The quantitative estimate of drug-likeness (QED) is 0.446. The number of nitrogens with zero attached hydrogens (tertiary/aromatic N) is 2. The molecule has 1 heterocycles. The number of hydrogen-bond donors (Lipinski definition) is 0. The number of amides is 1. The van der Waals surface area contributed by atoms with Crippen LogP contribution in [-0.2, 0) is 4.79 Å². The normalized spacial score (nSPS) is 10.9. The van der Waals surface area contributed by atoms with Crippen LogP contribution in [0.5, 0.6) is 0 Å². The molecule has 0 saturated carbocycles. The monoisotopic (exact) mass is 376 g/mol. The lowest BCUT2D eigenvalue weighted by Crippen LogP contribution is -2.24. The molecule has 4 nitrogen and oxygen atoms in total. The Kier molecular flexibility index (Phi) is 5.62. The van der Waals surface area contributed by atoms with Gasteiger partial charge in [0, 0.05) is 17.9 Å². The minimum atomic E-state index is -0.0994. The maximum absolute atomic E-state index is 12.3. The molecular weight excluding hydrogens is 356 g/mol.